The smallest absolute Gasteiger partial charge is 0.243 e. The molecule has 0 saturated heterocycles. The van der Waals surface area contributed by atoms with E-state index < -0.39 is 28.5 Å². The van der Waals surface area contributed by atoms with Crippen molar-refractivity contribution >= 4 is 44.2 Å². The Kier molecular flexibility index (Phi) is 10.4. The van der Waals surface area contributed by atoms with Crippen molar-refractivity contribution in [2.45, 2.75) is 37.8 Å². The highest BCUT2D eigenvalue weighted by Gasteiger charge is 2.33. The molecule has 220 valence electrons. The van der Waals surface area contributed by atoms with Crippen molar-refractivity contribution in [3.63, 3.8) is 0 Å². The molecule has 4 aromatic rings. The van der Waals surface area contributed by atoms with Gasteiger partial charge in [0, 0.05) is 31.6 Å². The first-order valence-electron chi connectivity index (χ1n) is 13.9. The van der Waals surface area contributed by atoms with Gasteiger partial charge in [0.05, 0.1) is 11.4 Å². The van der Waals surface area contributed by atoms with Crippen molar-refractivity contribution < 1.29 is 18.0 Å². The molecule has 42 heavy (non-hydrogen) atoms. The number of hydrogen-bond acceptors (Lipinski definition) is 4. The molecule has 0 aliphatic heterocycles. The molecule has 0 bridgehead atoms. The van der Waals surface area contributed by atoms with Crippen molar-refractivity contribution in [3.8, 4) is 0 Å². The maximum atomic E-state index is 14.0. The molecule has 2 amide bonds. The Hall–Kier alpha value is -3.72. The van der Waals surface area contributed by atoms with Crippen LogP contribution in [0.2, 0.25) is 5.02 Å². The third kappa shape index (κ3) is 7.97. The van der Waals surface area contributed by atoms with Crippen LogP contribution in [0, 0.1) is 5.92 Å². The lowest BCUT2D eigenvalue weighted by Gasteiger charge is -2.33. The van der Waals surface area contributed by atoms with Gasteiger partial charge in [-0.15, -0.1) is 0 Å². The summed E-state index contributed by atoms with van der Waals surface area (Å²) in [5.74, 6) is -0.591. The highest BCUT2D eigenvalue weighted by molar-refractivity contribution is 7.89. The fraction of sp³-hybridized carbons (Fsp3) is 0.273. The zero-order valence-corrected chi connectivity index (χ0v) is 25.6. The molecule has 4 rings (SSSR count). The third-order valence-electron chi connectivity index (χ3n) is 6.98. The van der Waals surface area contributed by atoms with Crippen molar-refractivity contribution in [1.82, 2.24) is 14.5 Å². The molecule has 1 N–H and O–H groups in total. The molecule has 4 aromatic carbocycles. The Balaban J connectivity index is 1.67. The zero-order chi connectivity index (χ0) is 30.3. The summed E-state index contributed by atoms with van der Waals surface area (Å²) in [6.45, 7) is 4.07. The Bertz CT molecular complexity index is 1640. The molecule has 0 radical (unpaired) electrons. The molecule has 9 heteroatoms. The summed E-state index contributed by atoms with van der Waals surface area (Å²) in [7, 11) is -2.62. The quantitative estimate of drug-likeness (QED) is 0.230. The lowest BCUT2D eigenvalue weighted by atomic mass is 10.0. The molecule has 0 spiro atoms. The first-order valence-corrected chi connectivity index (χ1v) is 15.7. The van der Waals surface area contributed by atoms with Crippen LogP contribution in [0.3, 0.4) is 0 Å². The van der Waals surface area contributed by atoms with Gasteiger partial charge in [-0.05, 0) is 52.1 Å². The first kappa shape index (κ1) is 31.2. The maximum absolute atomic E-state index is 14.0. The van der Waals surface area contributed by atoms with E-state index in [9.17, 15) is 18.0 Å². The predicted molar refractivity (Wildman–Crippen MR) is 168 cm³/mol. The van der Waals surface area contributed by atoms with Gasteiger partial charge in [-0.25, -0.2) is 8.42 Å². The Labute approximate surface area is 253 Å². The van der Waals surface area contributed by atoms with Gasteiger partial charge in [0.25, 0.3) is 0 Å². The minimum atomic E-state index is -4.00. The molecule has 1 atom stereocenters. The second-order valence-corrected chi connectivity index (χ2v) is 13.2. The van der Waals surface area contributed by atoms with E-state index in [0.29, 0.717) is 11.6 Å². The summed E-state index contributed by atoms with van der Waals surface area (Å²) in [5.41, 5.74) is 1.61. The number of nitrogens with one attached hydrogen (secondary N) is 1. The number of carbonyl (C=O) groups excluding carboxylic acids is 2. The normalized spacial score (nSPS) is 12.4. The largest absolute Gasteiger partial charge is 0.354 e. The Morgan fingerprint density at radius 2 is 1.50 bits per heavy atom. The highest BCUT2D eigenvalue weighted by Crippen LogP contribution is 2.23. The summed E-state index contributed by atoms with van der Waals surface area (Å²) >= 11 is 6.25. The third-order valence-corrected chi connectivity index (χ3v) is 9.02. The maximum Gasteiger partial charge on any atom is 0.243 e. The number of rotatable bonds is 12. The van der Waals surface area contributed by atoms with Crippen LogP contribution in [-0.4, -0.2) is 55.6 Å². The number of fused-ring (bicyclic) bond motifs is 1. The summed E-state index contributed by atoms with van der Waals surface area (Å²) in [5, 5.41) is 5.17. The molecule has 0 saturated carbocycles. The van der Waals surface area contributed by atoms with Gasteiger partial charge in [-0.3, -0.25) is 9.59 Å². The van der Waals surface area contributed by atoms with Gasteiger partial charge in [0.15, 0.2) is 0 Å². The fourth-order valence-electron chi connectivity index (χ4n) is 4.68. The van der Waals surface area contributed by atoms with E-state index in [1.807, 2.05) is 74.5 Å². The van der Waals surface area contributed by atoms with Gasteiger partial charge < -0.3 is 10.2 Å². The van der Waals surface area contributed by atoms with Crippen LogP contribution in [0.4, 0.5) is 0 Å². The zero-order valence-electron chi connectivity index (χ0n) is 24.0. The molecule has 0 fully saturated rings. The predicted octanol–water partition coefficient (Wildman–Crippen LogP) is 5.53. The van der Waals surface area contributed by atoms with Crippen molar-refractivity contribution in [3.05, 3.63) is 113 Å². The van der Waals surface area contributed by atoms with Crippen molar-refractivity contribution in [2.24, 2.45) is 5.92 Å². The van der Waals surface area contributed by atoms with E-state index in [0.717, 1.165) is 26.2 Å². The number of halogens is 1. The molecule has 0 aliphatic rings. The van der Waals surface area contributed by atoms with Crippen LogP contribution >= 0.6 is 11.6 Å². The van der Waals surface area contributed by atoms with Gasteiger partial charge in [-0.1, -0.05) is 98.2 Å². The monoisotopic (exact) mass is 605 g/mol. The summed E-state index contributed by atoms with van der Waals surface area (Å²) in [6, 6.07) is 28.0. The van der Waals surface area contributed by atoms with E-state index in [1.54, 1.807) is 36.4 Å². The molecule has 0 aromatic heterocycles. The van der Waals surface area contributed by atoms with Crippen molar-refractivity contribution in [1.29, 1.82) is 0 Å². The van der Waals surface area contributed by atoms with Crippen LogP contribution < -0.4 is 5.32 Å². The molecule has 0 aliphatic carbocycles. The van der Waals surface area contributed by atoms with Crippen LogP contribution in [0.25, 0.3) is 10.8 Å². The second kappa shape index (κ2) is 14.0. The van der Waals surface area contributed by atoms with Crippen LogP contribution in [0.15, 0.2) is 102 Å². The number of benzene rings is 4. The Morgan fingerprint density at radius 3 is 2.19 bits per heavy atom. The number of hydrogen-bond donors (Lipinski definition) is 1. The summed E-state index contributed by atoms with van der Waals surface area (Å²) in [6.07, 6.45) is 0.262. The summed E-state index contributed by atoms with van der Waals surface area (Å²) in [4.78, 5) is 29.2. The average molecular weight is 606 g/mol. The molecular formula is C33H36ClN3O4S. The first-order chi connectivity index (χ1) is 20.0. The van der Waals surface area contributed by atoms with E-state index in [-0.39, 0.29) is 29.7 Å². The van der Waals surface area contributed by atoms with E-state index in [4.69, 9.17) is 11.6 Å². The van der Waals surface area contributed by atoms with Crippen LogP contribution in [-0.2, 0) is 32.6 Å². The number of amides is 2. The van der Waals surface area contributed by atoms with E-state index in [1.165, 1.54) is 11.9 Å². The van der Waals surface area contributed by atoms with Gasteiger partial charge >= 0.3 is 0 Å². The average Bonchev–Trinajstić information content (AvgIpc) is 2.97. The minimum Gasteiger partial charge on any atom is -0.354 e. The van der Waals surface area contributed by atoms with Gasteiger partial charge in [0.1, 0.15) is 6.04 Å². The van der Waals surface area contributed by atoms with Gasteiger partial charge in [0.2, 0.25) is 21.8 Å². The van der Waals surface area contributed by atoms with E-state index >= 15 is 0 Å². The second-order valence-electron chi connectivity index (χ2n) is 10.8. The van der Waals surface area contributed by atoms with Crippen LogP contribution in [0.5, 0.6) is 0 Å². The number of nitrogens with zero attached hydrogens (tertiary/aromatic N) is 2. The molecule has 0 unspecified atom stereocenters. The highest BCUT2D eigenvalue weighted by atomic mass is 35.5. The minimum absolute atomic E-state index is 0.0792. The molecular weight excluding hydrogens is 570 g/mol. The standard InChI is InChI=1S/C33H36ClN3O4S/c1-24(2)21-35-33(39)31(19-25-10-5-4-6-11-25)37(22-26-12-9-15-29(34)18-26)32(38)23-36(3)42(40,41)30-17-16-27-13-7-8-14-28(27)20-30/h4-18,20,24,31H,19,21-23H2,1-3H3,(H,35,39)/t31-/m0/s1. The topological polar surface area (TPSA) is 86.8 Å². The number of carbonyl (C=O) groups is 2. The van der Waals surface area contributed by atoms with Crippen LogP contribution in [0.1, 0.15) is 25.0 Å². The molecule has 7 nitrogen and oxygen atoms in total. The fourth-order valence-corrected chi connectivity index (χ4v) is 6.05. The van der Waals surface area contributed by atoms with E-state index in [2.05, 4.69) is 5.32 Å². The summed E-state index contributed by atoms with van der Waals surface area (Å²) < 4.78 is 28.2. The van der Waals surface area contributed by atoms with Gasteiger partial charge in [-0.2, -0.15) is 4.31 Å². The lowest BCUT2D eigenvalue weighted by Crippen LogP contribution is -2.53. The lowest BCUT2D eigenvalue weighted by molar-refractivity contribution is -0.141. The number of likely N-dealkylation sites (N-methyl/N-ethyl adjacent to an activating group) is 1. The van der Waals surface area contributed by atoms with Crippen molar-refractivity contribution in [2.75, 3.05) is 20.1 Å². The SMILES string of the molecule is CC(C)CNC(=O)[C@H](Cc1ccccc1)N(Cc1cccc(Cl)c1)C(=O)CN(C)S(=O)(=O)c1ccc2ccccc2c1. The number of sulfonamides is 1. The molecule has 0 heterocycles. The Morgan fingerprint density at radius 1 is 0.833 bits per heavy atom.